The Labute approximate surface area is 412 Å². The molecule has 0 N–H and O–H groups in total. The minimum absolute atomic E-state index is 0.169. The van der Waals surface area contributed by atoms with E-state index in [2.05, 4.69) is 193 Å². The van der Waals surface area contributed by atoms with Gasteiger partial charge in [0.25, 0.3) is 0 Å². The second kappa shape index (κ2) is 20.4. The topological polar surface area (TPSA) is 0 Å². The first kappa shape index (κ1) is 50.0. The van der Waals surface area contributed by atoms with E-state index in [4.69, 9.17) is 4.11 Å². The minimum Gasteiger partial charge on any atom is -0.0988 e. The van der Waals surface area contributed by atoms with Gasteiger partial charge in [0.1, 0.15) is 0 Å². The highest BCUT2D eigenvalue weighted by Crippen LogP contribution is 2.68. The zero-order chi connectivity index (χ0) is 52.2. The Bertz CT molecular complexity index is 2440. The second-order valence-electron chi connectivity index (χ2n) is 25.0. The Morgan fingerprint density at radius 2 is 0.712 bits per heavy atom. The smallest absolute Gasteiger partial charge is 0.0538 e. The van der Waals surface area contributed by atoms with E-state index in [-0.39, 0.29) is 27.1 Å². The first-order chi connectivity index (χ1) is 32.0. The van der Waals surface area contributed by atoms with Gasteiger partial charge >= 0.3 is 0 Å². The Morgan fingerprint density at radius 1 is 0.394 bits per heavy atom. The predicted molar refractivity (Wildman–Crippen MR) is 296 cm³/mol. The van der Waals surface area contributed by atoms with Crippen molar-refractivity contribution in [3.8, 4) is 0 Å². The maximum Gasteiger partial charge on any atom is 0.0538 e. The third kappa shape index (κ3) is 10.7. The molecule has 0 aromatic rings. The van der Waals surface area contributed by atoms with Crippen LogP contribution in [0.15, 0.2) is 176 Å². The fourth-order valence-electron chi connectivity index (χ4n) is 14.7. The van der Waals surface area contributed by atoms with E-state index in [0.29, 0.717) is 23.2 Å². The average Bonchev–Trinajstić information content (AvgIpc) is 3.24. The van der Waals surface area contributed by atoms with Crippen LogP contribution in [0.25, 0.3) is 0 Å². The molecule has 360 valence electrons. The summed E-state index contributed by atoms with van der Waals surface area (Å²) < 4.78 is 22.4. The predicted octanol–water partition coefficient (Wildman–Crippen LogP) is 20.4. The summed E-state index contributed by atoms with van der Waals surface area (Å²) in [7, 11) is 0. The standard InChI is InChI=1S/C29H42.C22H32.C15H22/c1-12-14-15-22-17-28(8,9)26-24(19(22)4)20(5)23-18(3)21(13-2)16-27(6,7)25(23)29(26,10)11;1-9-11-12-18-14-22(7,8)20-19(16(18)4)15(3)17(10-2)13-21(20,5)6;1-6-8-9-14-11-15(4,5)10-13(7-2)12(14)3/h12-15,25-26H,2,16-17H2,1,3-11H3;9-12,20H,2,13-14H2,1,3-8H3;6-9H,2,10-11H2,1,3-5H3/b14-12+,22-15+;11-9+,18-12+;8-6+,14-9+/i3*2D/b13-2?,14-12+,22-15+;10-2?,11-9+,18-12+;7-2?,8-6+,14-9+. The van der Waals surface area contributed by atoms with Crippen molar-refractivity contribution >= 4 is 0 Å². The SMILES string of the molecule is [2H]C=CC1=C(C)/C(=C/C=C/C)CC(C)(C)C1.[2H]C=CC1=C(C)C2=C(C)/C(=C/C=C/C)CC(C)(C)C2C(C)(C)C1.[2H]C=CC1=C(C)C2=C(C)C3=C(C)/C(=C/C=C/C)CC(C)(C)C3C(C)(C)C2C(C)(C)C1. The molecule has 0 amide bonds. The molecule has 0 aromatic heterocycles. The first-order valence-electron chi connectivity index (χ1n) is 27.0. The second-order valence-corrected chi connectivity index (χ2v) is 25.0. The number of rotatable bonds is 6. The summed E-state index contributed by atoms with van der Waals surface area (Å²) in [6.45, 7) is 53.4. The van der Waals surface area contributed by atoms with Crippen LogP contribution in [-0.4, -0.2) is 0 Å². The van der Waals surface area contributed by atoms with Crippen LogP contribution in [0.5, 0.6) is 0 Å². The average molecular weight is 893 g/mol. The summed E-state index contributed by atoms with van der Waals surface area (Å²) in [5.41, 5.74) is 22.9. The van der Waals surface area contributed by atoms with E-state index >= 15 is 0 Å². The Balaban J connectivity index is 0.000000237. The van der Waals surface area contributed by atoms with Gasteiger partial charge in [-0.15, -0.1) is 0 Å². The molecule has 0 spiro atoms. The van der Waals surface area contributed by atoms with Crippen LogP contribution in [-0.2, 0) is 0 Å². The van der Waals surface area contributed by atoms with Crippen LogP contribution >= 0.6 is 0 Å². The van der Waals surface area contributed by atoms with Crippen molar-refractivity contribution < 1.29 is 4.11 Å². The molecule has 0 radical (unpaired) electrons. The summed E-state index contributed by atoms with van der Waals surface area (Å²) in [6, 6.07) is 0. The van der Waals surface area contributed by atoms with E-state index in [9.17, 15) is 0 Å². The van der Waals surface area contributed by atoms with Gasteiger partial charge in [-0.1, -0.05) is 176 Å². The third-order valence-corrected chi connectivity index (χ3v) is 16.8. The molecule has 6 rings (SSSR count). The summed E-state index contributed by atoms with van der Waals surface area (Å²) in [5.74, 6) is 1.64. The molecule has 6 aliphatic rings. The lowest BCUT2D eigenvalue weighted by molar-refractivity contribution is -0.00511. The van der Waals surface area contributed by atoms with Crippen molar-refractivity contribution in [2.24, 2.45) is 50.2 Å². The molecule has 3 unspecified atom stereocenters. The molecule has 0 fully saturated rings. The van der Waals surface area contributed by atoms with Crippen molar-refractivity contribution in [2.45, 2.75) is 184 Å². The van der Waals surface area contributed by atoms with Crippen molar-refractivity contribution in [2.75, 3.05) is 0 Å². The van der Waals surface area contributed by atoms with Gasteiger partial charge < -0.3 is 0 Å². The maximum atomic E-state index is 7.69. The molecule has 6 aliphatic carbocycles. The van der Waals surface area contributed by atoms with Crippen LogP contribution in [0.1, 0.15) is 188 Å². The van der Waals surface area contributed by atoms with Gasteiger partial charge in [-0.05, 0) is 235 Å². The normalized spacial score (nSPS) is 30.4. The van der Waals surface area contributed by atoms with Crippen LogP contribution in [0.2, 0.25) is 0 Å². The maximum absolute atomic E-state index is 7.69. The number of hydrogen-bond acceptors (Lipinski definition) is 0. The fraction of sp³-hybridized carbons (Fsp3) is 0.545. The van der Waals surface area contributed by atoms with Gasteiger partial charge in [-0.2, -0.15) is 0 Å². The largest absolute Gasteiger partial charge is 0.0988 e. The van der Waals surface area contributed by atoms with E-state index in [0.717, 1.165) is 38.5 Å². The summed E-state index contributed by atoms with van der Waals surface area (Å²) in [4.78, 5) is 0. The highest BCUT2D eigenvalue weighted by molar-refractivity contribution is 5.61. The minimum atomic E-state index is 0.169. The molecule has 0 saturated carbocycles. The van der Waals surface area contributed by atoms with Crippen molar-refractivity contribution in [1.29, 1.82) is 0 Å². The van der Waals surface area contributed by atoms with Crippen molar-refractivity contribution in [3.63, 3.8) is 0 Å². The number of hydrogen-bond donors (Lipinski definition) is 0. The van der Waals surface area contributed by atoms with Gasteiger partial charge in [-0.25, -0.2) is 0 Å². The van der Waals surface area contributed by atoms with E-state index in [1.165, 1.54) is 92.1 Å². The lowest BCUT2D eigenvalue weighted by atomic mass is 9.42. The summed E-state index contributed by atoms with van der Waals surface area (Å²) in [6.07, 6.45) is 32.1. The number of fused-ring (bicyclic) bond motifs is 3. The van der Waals surface area contributed by atoms with Crippen LogP contribution in [0.4, 0.5) is 0 Å². The van der Waals surface area contributed by atoms with E-state index < -0.39 is 0 Å². The van der Waals surface area contributed by atoms with Gasteiger partial charge in [0, 0.05) is 0 Å². The van der Waals surface area contributed by atoms with Gasteiger partial charge in [-0.3, -0.25) is 0 Å². The molecule has 0 bridgehead atoms. The molecule has 0 heterocycles. The van der Waals surface area contributed by atoms with E-state index in [1.54, 1.807) is 11.1 Å². The first-order valence-corrected chi connectivity index (χ1v) is 25.3. The molecule has 0 saturated heterocycles. The Morgan fingerprint density at radius 3 is 1.11 bits per heavy atom. The fourth-order valence-corrected chi connectivity index (χ4v) is 14.7. The monoisotopic (exact) mass is 892 g/mol. The molecular weight excluding hydrogens is 793 g/mol. The zero-order valence-corrected chi connectivity index (χ0v) is 46.1. The summed E-state index contributed by atoms with van der Waals surface area (Å²) in [5, 5.41) is 0. The molecular formula is C66H96. The molecule has 0 nitrogen and oxygen atoms in total. The highest BCUT2D eigenvalue weighted by Gasteiger charge is 2.58. The van der Waals surface area contributed by atoms with Crippen molar-refractivity contribution in [3.05, 3.63) is 176 Å². The Kier molecular flexibility index (Phi) is 15.4. The van der Waals surface area contributed by atoms with Crippen molar-refractivity contribution in [1.82, 2.24) is 0 Å². The zero-order valence-electron chi connectivity index (χ0n) is 49.1. The van der Waals surface area contributed by atoms with Crippen LogP contribution in [0, 0.1) is 50.2 Å². The van der Waals surface area contributed by atoms with Gasteiger partial charge in [0.15, 0.2) is 0 Å². The molecule has 0 aliphatic heterocycles. The molecule has 0 heteroatoms. The van der Waals surface area contributed by atoms with E-state index in [1.807, 2.05) is 25.2 Å². The third-order valence-electron chi connectivity index (χ3n) is 16.8. The number of allylic oxidation sites excluding steroid dienone is 27. The molecule has 0 aromatic carbocycles. The molecule has 66 heavy (non-hydrogen) atoms. The quantitative estimate of drug-likeness (QED) is 0.249. The van der Waals surface area contributed by atoms with Crippen LogP contribution in [0.3, 0.4) is 0 Å². The Hall–Kier alpha value is -3.90. The van der Waals surface area contributed by atoms with Gasteiger partial charge in [0.05, 0.1) is 4.11 Å². The lowest BCUT2D eigenvalue weighted by Gasteiger charge is -2.61. The highest BCUT2D eigenvalue weighted by atomic mass is 14.6. The molecule has 3 atom stereocenters. The summed E-state index contributed by atoms with van der Waals surface area (Å²) >= 11 is 0. The lowest BCUT2D eigenvalue weighted by Crippen LogP contribution is -2.53. The van der Waals surface area contributed by atoms with Crippen LogP contribution < -0.4 is 0 Å². The van der Waals surface area contributed by atoms with Gasteiger partial charge in [0.2, 0.25) is 0 Å².